The maximum atomic E-state index is 12.5. The molecule has 20 heavy (non-hydrogen) atoms. The highest BCUT2D eigenvalue weighted by Crippen LogP contribution is 2.23. The van der Waals surface area contributed by atoms with Gasteiger partial charge in [0.05, 0.1) is 0 Å². The molecule has 1 aliphatic heterocycles. The Bertz CT molecular complexity index is 647. The Morgan fingerprint density at radius 3 is 2.95 bits per heavy atom. The summed E-state index contributed by atoms with van der Waals surface area (Å²) in [5.74, 6) is 0.825. The molecule has 2 unspecified atom stereocenters. The maximum Gasteiger partial charge on any atom is 0.289 e. The van der Waals surface area contributed by atoms with Gasteiger partial charge in [0.15, 0.2) is 5.76 Å². The van der Waals surface area contributed by atoms with E-state index in [-0.39, 0.29) is 11.9 Å². The molecule has 1 saturated heterocycles. The number of furan rings is 1. The molecule has 0 radical (unpaired) electrons. The Hall–Kier alpha value is -1.81. The van der Waals surface area contributed by atoms with Crippen molar-refractivity contribution in [3.8, 4) is 0 Å². The number of carbonyl (C=O) groups excluding carboxylic acids is 1. The van der Waals surface area contributed by atoms with E-state index in [0.717, 1.165) is 29.5 Å². The van der Waals surface area contributed by atoms with Crippen LogP contribution >= 0.6 is 0 Å². The van der Waals surface area contributed by atoms with E-state index in [1.54, 1.807) is 4.90 Å². The van der Waals surface area contributed by atoms with E-state index in [4.69, 9.17) is 10.2 Å². The number of piperidine rings is 1. The largest absolute Gasteiger partial charge is 0.451 e. The average Bonchev–Trinajstić information content (AvgIpc) is 2.84. The molecule has 2 heterocycles. The van der Waals surface area contributed by atoms with Crippen molar-refractivity contribution >= 4 is 16.9 Å². The van der Waals surface area contributed by atoms with E-state index in [9.17, 15) is 4.79 Å². The second-order valence-electron chi connectivity index (χ2n) is 5.83. The molecular weight excluding hydrogens is 252 g/mol. The number of fused-ring (bicyclic) bond motifs is 1. The van der Waals surface area contributed by atoms with Gasteiger partial charge in [-0.05, 0) is 37.5 Å². The summed E-state index contributed by atoms with van der Waals surface area (Å²) < 4.78 is 5.67. The van der Waals surface area contributed by atoms with Crippen LogP contribution in [0.5, 0.6) is 0 Å². The molecular formula is C16H20N2O2. The van der Waals surface area contributed by atoms with Gasteiger partial charge in [0.2, 0.25) is 0 Å². The van der Waals surface area contributed by atoms with E-state index < -0.39 is 0 Å². The van der Waals surface area contributed by atoms with Crippen molar-refractivity contribution in [2.24, 2.45) is 11.7 Å². The molecule has 1 aromatic heterocycles. The second-order valence-corrected chi connectivity index (χ2v) is 5.83. The lowest BCUT2D eigenvalue weighted by Crippen LogP contribution is -2.49. The zero-order chi connectivity index (χ0) is 14.3. The van der Waals surface area contributed by atoms with E-state index in [1.165, 1.54) is 0 Å². The van der Waals surface area contributed by atoms with Crippen molar-refractivity contribution in [1.82, 2.24) is 4.90 Å². The fraction of sp³-hybridized carbons (Fsp3) is 0.438. The standard InChI is InChI=1S/C16H20N2O2/c1-10-3-4-14-12(7-10)8-15(20-14)16(19)18-6-5-11(2)13(17)9-18/h3-4,7-8,11,13H,5-6,9,17H2,1-2H3. The number of hydrogen-bond donors (Lipinski definition) is 1. The second kappa shape index (κ2) is 4.94. The summed E-state index contributed by atoms with van der Waals surface area (Å²) in [7, 11) is 0. The number of carbonyl (C=O) groups is 1. The number of hydrogen-bond acceptors (Lipinski definition) is 3. The molecule has 3 rings (SSSR count). The molecule has 0 aliphatic carbocycles. The molecule has 0 spiro atoms. The predicted molar refractivity (Wildman–Crippen MR) is 78.6 cm³/mol. The van der Waals surface area contributed by atoms with Gasteiger partial charge in [-0.1, -0.05) is 18.6 Å². The van der Waals surface area contributed by atoms with Crippen LogP contribution in [-0.4, -0.2) is 29.9 Å². The first-order valence-corrected chi connectivity index (χ1v) is 7.09. The third-order valence-electron chi connectivity index (χ3n) is 4.19. The van der Waals surface area contributed by atoms with Crippen molar-refractivity contribution in [3.63, 3.8) is 0 Å². The van der Waals surface area contributed by atoms with Gasteiger partial charge < -0.3 is 15.1 Å². The van der Waals surface area contributed by atoms with Crippen molar-refractivity contribution in [1.29, 1.82) is 0 Å². The summed E-state index contributed by atoms with van der Waals surface area (Å²) in [5, 5.41) is 0.975. The first-order chi connectivity index (χ1) is 9.54. The minimum Gasteiger partial charge on any atom is -0.451 e. The summed E-state index contributed by atoms with van der Waals surface area (Å²) in [4.78, 5) is 14.3. The highest BCUT2D eigenvalue weighted by molar-refractivity contribution is 5.96. The number of benzene rings is 1. The number of nitrogens with zero attached hydrogens (tertiary/aromatic N) is 1. The Balaban J connectivity index is 1.85. The van der Waals surface area contributed by atoms with Gasteiger partial charge in [-0.3, -0.25) is 4.79 Å². The predicted octanol–water partition coefficient (Wildman–Crippen LogP) is 2.55. The Morgan fingerprint density at radius 2 is 2.20 bits per heavy atom. The normalized spacial score (nSPS) is 23.2. The lowest BCUT2D eigenvalue weighted by atomic mass is 9.94. The summed E-state index contributed by atoms with van der Waals surface area (Å²) in [6, 6.07) is 7.80. The number of likely N-dealkylation sites (tertiary alicyclic amines) is 1. The Morgan fingerprint density at radius 1 is 1.40 bits per heavy atom. The molecule has 2 atom stereocenters. The zero-order valence-electron chi connectivity index (χ0n) is 11.9. The molecule has 4 heteroatoms. The first kappa shape index (κ1) is 13.2. The van der Waals surface area contributed by atoms with Gasteiger partial charge in [0.1, 0.15) is 5.58 Å². The van der Waals surface area contributed by atoms with E-state index >= 15 is 0 Å². The summed E-state index contributed by atoms with van der Waals surface area (Å²) >= 11 is 0. The number of aryl methyl sites for hydroxylation is 1. The number of rotatable bonds is 1. The quantitative estimate of drug-likeness (QED) is 0.868. The highest BCUT2D eigenvalue weighted by atomic mass is 16.3. The minimum absolute atomic E-state index is 0.0544. The van der Waals surface area contributed by atoms with Crippen LogP contribution in [0.3, 0.4) is 0 Å². The Kier molecular flexibility index (Phi) is 3.26. The summed E-state index contributed by atoms with van der Waals surface area (Å²) in [6.45, 7) is 5.52. The van der Waals surface area contributed by atoms with E-state index in [1.807, 2.05) is 31.2 Å². The highest BCUT2D eigenvalue weighted by Gasteiger charge is 2.28. The molecule has 106 valence electrons. The molecule has 2 N–H and O–H groups in total. The third-order valence-corrected chi connectivity index (χ3v) is 4.19. The maximum absolute atomic E-state index is 12.5. The van der Waals surface area contributed by atoms with Crippen LogP contribution in [0, 0.1) is 12.8 Å². The molecule has 0 saturated carbocycles. The van der Waals surface area contributed by atoms with Crippen molar-refractivity contribution in [2.45, 2.75) is 26.3 Å². The van der Waals surface area contributed by atoms with Crippen LogP contribution in [0.1, 0.15) is 29.5 Å². The molecule has 4 nitrogen and oxygen atoms in total. The van der Waals surface area contributed by atoms with Gasteiger partial charge in [0, 0.05) is 24.5 Å². The topological polar surface area (TPSA) is 59.5 Å². The number of nitrogens with two attached hydrogens (primary N) is 1. The third kappa shape index (κ3) is 2.31. The van der Waals surface area contributed by atoms with Crippen LogP contribution in [0.4, 0.5) is 0 Å². The molecule has 1 amide bonds. The Labute approximate surface area is 118 Å². The van der Waals surface area contributed by atoms with Gasteiger partial charge >= 0.3 is 0 Å². The van der Waals surface area contributed by atoms with Crippen molar-refractivity contribution < 1.29 is 9.21 Å². The fourth-order valence-electron chi connectivity index (χ4n) is 2.71. The van der Waals surface area contributed by atoms with E-state index in [0.29, 0.717) is 18.2 Å². The SMILES string of the molecule is Cc1ccc2oc(C(=O)N3CCC(C)C(N)C3)cc2c1. The van der Waals surface area contributed by atoms with Gasteiger partial charge in [-0.25, -0.2) is 0 Å². The minimum atomic E-state index is -0.0544. The molecule has 2 aromatic rings. The van der Waals surface area contributed by atoms with Crippen LogP contribution in [0.25, 0.3) is 11.0 Å². The smallest absolute Gasteiger partial charge is 0.289 e. The molecule has 1 aromatic carbocycles. The van der Waals surface area contributed by atoms with Crippen molar-refractivity contribution in [3.05, 3.63) is 35.6 Å². The summed E-state index contributed by atoms with van der Waals surface area (Å²) in [5.41, 5.74) is 7.97. The van der Waals surface area contributed by atoms with Gasteiger partial charge in [0.25, 0.3) is 5.91 Å². The molecule has 0 bridgehead atoms. The van der Waals surface area contributed by atoms with Crippen LogP contribution in [0.2, 0.25) is 0 Å². The first-order valence-electron chi connectivity index (χ1n) is 7.09. The van der Waals surface area contributed by atoms with Crippen molar-refractivity contribution in [2.75, 3.05) is 13.1 Å². The van der Waals surface area contributed by atoms with Crippen LogP contribution in [-0.2, 0) is 0 Å². The summed E-state index contributed by atoms with van der Waals surface area (Å²) in [6.07, 6.45) is 0.951. The van der Waals surface area contributed by atoms with Gasteiger partial charge in [-0.2, -0.15) is 0 Å². The van der Waals surface area contributed by atoms with E-state index in [2.05, 4.69) is 6.92 Å². The number of amides is 1. The molecule has 1 fully saturated rings. The average molecular weight is 272 g/mol. The lowest BCUT2D eigenvalue weighted by Gasteiger charge is -2.34. The van der Waals surface area contributed by atoms with Gasteiger partial charge in [-0.15, -0.1) is 0 Å². The van der Waals surface area contributed by atoms with Crippen LogP contribution < -0.4 is 5.73 Å². The lowest BCUT2D eigenvalue weighted by molar-refractivity contribution is 0.0643. The zero-order valence-corrected chi connectivity index (χ0v) is 11.9. The monoisotopic (exact) mass is 272 g/mol. The van der Waals surface area contributed by atoms with Crippen LogP contribution in [0.15, 0.2) is 28.7 Å². The molecule has 1 aliphatic rings. The fourth-order valence-corrected chi connectivity index (χ4v) is 2.71.